The number of carbonyl (C=O) groups excluding carboxylic acids is 5. The molecule has 0 bridgehead atoms. The predicted octanol–water partition coefficient (Wildman–Crippen LogP) is 6.44. The van der Waals surface area contributed by atoms with Crippen LogP contribution in [0, 0.1) is 11.8 Å². The largest absolute Gasteiger partial charge is 0.508 e. The van der Waals surface area contributed by atoms with Crippen molar-refractivity contribution in [1.29, 1.82) is 0 Å². The minimum absolute atomic E-state index is 0.0383. The molecule has 64 heavy (non-hydrogen) atoms. The molecular formula is C50H49N5O9. The number of anilines is 3. The van der Waals surface area contributed by atoms with Gasteiger partial charge >= 0.3 is 18.0 Å². The Hall–Kier alpha value is -7.03. The number of para-hydroxylation sites is 1. The second-order valence-corrected chi connectivity index (χ2v) is 16.8. The van der Waals surface area contributed by atoms with Crippen LogP contribution in [0.3, 0.4) is 0 Å². The number of cyclic esters (lactones) is 1. The van der Waals surface area contributed by atoms with E-state index in [2.05, 4.69) is 15.5 Å². The Morgan fingerprint density at radius 1 is 0.766 bits per heavy atom. The van der Waals surface area contributed by atoms with Crippen LogP contribution in [0.25, 0.3) is 0 Å². The molecule has 4 aliphatic heterocycles. The predicted molar refractivity (Wildman–Crippen MR) is 237 cm³/mol. The Labute approximate surface area is 370 Å². The third-order valence-electron chi connectivity index (χ3n) is 13.0. The lowest BCUT2D eigenvalue weighted by molar-refractivity contribution is -0.177. The lowest BCUT2D eigenvalue weighted by atomic mass is 9.65. The fraction of sp³-hybridized carbons (Fsp3) is 0.300. The molecule has 7 atom stereocenters. The van der Waals surface area contributed by atoms with Gasteiger partial charge in [-0.15, -0.1) is 0 Å². The fourth-order valence-electron chi connectivity index (χ4n) is 10.1. The highest BCUT2D eigenvalue weighted by Crippen LogP contribution is 2.66. The third kappa shape index (κ3) is 7.12. The number of methoxy groups -OCH3 is 1. The SMILES string of the molecule is COC(=O)[C@@H](NC(=O)N1C(=O)[C@@]2(c3ccccc31)[C@H](c1ccc(O)cc1)N1[C@H](c3ccccc3)[C@H](c3ccccc3)OC(=O)[C@H]1[C@@H]2C(=O)Nc1ccc(N2CCOCC2)cc1)C(C)C. The number of esters is 2. The monoisotopic (exact) mass is 863 g/mol. The molecule has 1 spiro atoms. The summed E-state index contributed by atoms with van der Waals surface area (Å²) >= 11 is 0. The molecule has 3 saturated heterocycles. The van der Waals surface area contributed by atoms with Crippen molar-refractivity contribution in [2.45, 2.75) is 49.5 Å². The number of hydrogen-bond donors (Lipinski definition) is 3. The number of nitrogens with one attached hydrogen (secondary N) is 2. The normalized spacial score (nSPS) is 24.5. The molecule has 0 radical (unpaired) electrons. The van der Waals surface area contributed by atoms with E-state index in [-0.39, 0.29) is 11.4 Å². The van der Waals surface area contributed by atoms with Crippen molar-refractivity contribution in [3.63, 3.8) is 0 Å². The van der Waals surface area contributed by atoms with Gasteiger partial charge in [0.1, 0.15) is 29.4 Å². The van der Waals surface area contributed by atoms with Gasteiger partial charge in [0.25, 0.3) is 0 Å². The highest BCUT2D eigenvalue weighted by molar-refractivity contribution is 6.25. The molecule has 3 fully saturated rings. The van der Waals surface area contributed by atoms with E-state index >= 15 is 14.4 Å². The molecule has 4 aliphatic rings. The number of phenols is 1. The zero-order valence-electron chi connectivity index (χ0n) is 35.6. The molecule has 3 N–H and O–H groups in total. The van der Waals surface area contributed by atoms with E-state index in [9.17, 15) is 14.7 Å². The average molecular weight is 864 g/mol. The van der Waals surface area contributed by atoms with Crippen LogP contribution < -0.4 is 20.4 Å². The number of morpholine rings is 2. The number of carbonyl (C=O) groups is 5. The first kappa shape index (κ1) is 42.3. The van der Waals surface area contributed by atoms with Gasteiger partial charge in [0.15, 0.2) is 0 Å². The standard InChI is InChI=1S/C50H49N5O9/c1-30(2)40(46(58)62-3)52-49(61)54-38-17-11-10-16-37(38)50(48(54)60)39(45(57)51-34-20-22-35(23-21-34)53-26-28-63-29-27-53)42-47(59)64-43(32-14-8-5-9-15-32)41(31-12-6-4-7-13-31)55(42)44(50)33-18-24-36(56)25-19-33/h4-25,30,39-44,56H,26-29H2,1-3H3,(H,51,57)(H,52,61)/t39-,40+,41-,42-,43+,44+,50-/m1/s1. The topological polar surface area (TPSA) is 167 Å². The molecule has 0 aromatic heterocycles. The van der Waals surface area contributed by atoms with E-state index in [4.69, 9.17) is 14.2 Å². The highest BCUT2D eigenvalue weighted by atomic mass is 16.6. The van der Waals surface area contributed by atoms with Crippen molar-refractivity contribution in [3.05, 3.63) is 156 Å². The summed E-state index contributed by atoms with van der Waals surface area (Å²) in [6, 6.07) is 33.9. The number of phenolic OH excluding ortho intramolecular Hbond substituents is 1. The van der Waals surface area contributed by atoms with Gasteiger partial charge in [-0.05, 0) is 70.6 Å². The average Bonchev–Trinajstić information content (AvgIpc) is 3.78. The van der Waals surface area contributed by atoms with Crippen molar-refractivity contribution in [3.8, 4) is 5.75 Å². The number of nitrogens with zero attached hydrogens (tertiary/aromatic N) is 3. The Morgan fingerprint density at radius 3 is 2.03 bits per heavy atom. The third-order valence-corrected chi connectivity index (χ3v) is 13.0. The summed E-state index contributed by atoms with van der Waals surface area (Å²) in [7, 11) is 1.22. The smallest absolute Gasteiger partial charge is 0.329 e. The number of rotatable bonds is 9. The van der Waals surface area contributed by atoms with E-state index in [0.717, 1.165) is 16.2 Å². The van der Waals surface area contributed by atoms with Gasteiger partial charge in [0, 0.05) is 24.5 Å². The van der Waals surface area contributed by atoms with Gasteiger partial charge in [-0.25, -0.2) is 14.5 Å². The fourth-order valence-corrected chi connectivity index (χ4v) is 10.1. The Morgan fingerprint density at radius 2 is 1.39 bits per heavy atom. The van der Waals surface area contributed by atoms with E-state index in [1.807, 2.05) is 77.7 Å². The molecule has 14 heteroatoms. The number of fused-ring (bicyclic) bond motifs is 3. The van der Waals surface area contributed by atoms with E-state index in [0.29, 0.717) is 48.7 Å². The molecule has 4 amide bonds. The molecule has 0 saturated carbocycles. The van der Waals surface area contributed by atoms with Crippen molar-refractivity contribution >= 4 is 46.8 Å². The molecule has 5 aromatic rings. The summed E-state index contributed by atoms with van der Waals surface area (Å²) in [6.45, 7) is 6.10. The van der Waals surface area contributed by atoms with Crippen molar-refractivity contribution in [1.82, 2.24) is 10.2 Å². The highest BCUT2D eigenvalue weighted by Gasteiger charge is 2.75. The van der Waals surface area contributed by atoms with E-state index in [1.165, 1.54) is 19.2 Å². The first-order chi connectivity index (χ1) is 31.0. The van der Waals surface area contributed by atoms with E-state index in [1.54, 1.807) is 62.4 Å². The lowest BCUT2D eigenvalue weighted by Crippen LogP contribution is -2.57. The maximum atomic E-state index is 16.2. The Kier molecular flexibility index (Phi) is 11.4. The van der Waals surface area contributed by atoms with Crippen LogP contribution in [-0.4, -0.2) is 85.3 Å². The van der Waals surface area contributed by atoms with Crippen molar-refractivity contribution in [2.24, 2.45) is 11.8 Å². The minimum Gasteiger partial charge on any atom is -0.508 e. The maximum Gasteiger partial charge on any atom is 0.329 e. The second kappa shape index (κ2) is 17.3. The summed E-state index contributed by atoms with van der Waals surface area (Å²) in [5.74, 6) is -4.86. The Bertz CT molecular complexity index is 2550. The molecule has 0 aliphatic carbocycles. The molecule has 5 aromatic carbocycles. The first-order valence-electron chi connectivity index (χ1n) is 21.5. The maximum absolute atomic E-state index is 16.2. The molecule has 328 valence electrons. The van der Waals surface area contributed by atoms with Crippen molar-refractivity contribution in [2.75, 3.05) is 48.5 Å². The van der Waals surface area contributed by atoms with Gasteiger partial charge < -0.3 is 34.9 Å². The number of ether oxygens (including phenoxy) is 3. The van der Waals surface area contributed by atoms with Gasteiger partial charge in [-0.2, -0.15) is 0 Å². The van der Waals surface area contributed by atoms with Gasteiger partial charge in [0.2, 0.25) is 11.8 Å². The minimum atomic E-state index is -2.00. The number of imide groups is 1. The number of benzene rings is 5. The first-order valence-corrected chi connectivity index (χ1v) is 21.5. The zero-order chi connectivity index (χ0) is 44.7. The molecular weight excluding hydrogens is 815 g/mol. The molecule has 4 heterocycles. The molecule has 14 nitrogen and oxygen atoms in total. The van der Waals surface area contributed by atoms with Crippen LogP contribution in [0.1, 0.15) is 54.3 Å². The van der Waals surface area contributed by atoms with Gasteiger partial charge in [-0.1, -0.05) is 105 Å². The van der Waals surface area contributed by atoms with Crippen LogP contribution >= 0.6 is 0 Å². The quantitative estimate of drug-likeness (QED) is 0.140. The second-order valence-electron chi connectivity index (χ2n) is 16.8. The summed E-state index contributed by atoms with van der Waals surface area (Å²) in [6.07, 6.45) is -0.906. The summed E-state index contributed by atoms with van der Waals surface area (Å²) in [4.78, 5) is 79.9. The van der Waals surface area contributed by atoms with Crippen LogP contribution in [0.2, 0.25) is 0 Å². The summed E-state index contributed by atoms with van der Waals surface area (Å²) < 4.78 is 17.1. The lowest BCUT2D eigenvalue weighted by Gasteiger charge is -2.46. The van der Waals surface area contributed by atoms with E-state index < -0.39 is 77.3 Å². The van der Waals surface area contributed by atoms with Gasteiger partial charge in [-0.3, -0.25) is 19.3 Å². The Balaban J connectivity index is 1.27. The molecule has 9 rings (SSSR count). The van der Waals surface area contributed by atoms with Crippen LogP contribution in [-0.2, 0) is 38.8 Å². The van der Waals surface area contributed by atoms with Crippen LogP contribution in [0.4, 0.5) is 21.9 Å². The molecule has 0 unspecified atom stereocenters. The number of hydrogen-bond acceptors (Lipinski definition) is 11. The van der Waals surface area contributed by atoms with Crippen LogP contribution in [0.15, 0.2) is 133 Å². The summed E-state index contributed by atoms with van der Waals surface area (Å²) in [5.41, 5.74) is 1.81. The number of urea groups is 1. The number of aromatic hydroxyl groups is 1. The van der Waals surface area contributed by atoms with Gasteiger partial charge in [0.05, 0.1) is 44.0 Å². The number of amides is 4. The zero-order valence-corrected chi connectivity index (χ0v) is 35.6. The summed E-state index contributed by atoms with van der Waals surface area (Å²) in [5, 5.41) is 16.5. The van der Waals surface area contributed by atoms with Crippen LogP contribution in [0.5, 0.6) is 5.75 Å². The van der Waals surface area contributed by atoms with Crippen molar-refractivity contribution < 1.29 is 43.3 Å².